The second kappa shape index (κ2) is 6.57. The van der Waals surface area contributed by atoms with Crippen LogP contribution >= 0.6 is 0 Å². The van der Waals surface area contributed by atoms with Crippen LogP contribution in [0.3, 0.4) is 0 Å². The molecule has 0 spiro atoms. The van der Waals surface area contributed by atoms with Gasteiger partial charge in [0.2, 0.25) is 10.0 Å². The van der Waals surface area contributed by atoms with Crippen LogP contribution < -0.4 is 10.0 Å². The lowest BCUT2D eigenvalue weighted by molar-refractivity contribution is 0.477. The van der Waals surface area contributed by atoms with Gasteiger partial charge < -0.3 is 5.32 Å². The standard InChI is InChI=1S/C11H24N2O2S/c1-3-10(4-2)8-13-16(14,15)9-11-6-5-7-12-11/h10-13H,3-9H2,1-2H3. The van der Waals surface area contributed by atoms with Crippen LogP contribution in [0.1, 0.15) is 39.5 Å². The maximum Gasteiger partial charge on any atom is 0.213 e. The molecule has 0 aromatic heterocycles. The van der Waals surface area contributed by atoms with E-state index in [9.17, 15) is 8.42 Å². The summed E-state index contributed by atoms with van der Waals surface area (Å²) in [5.74, 6) is 0.693. The second-order valence-electron chi connectivity index (χ2n) is 4.61. The minimum Gasteiger partial charge on any atom is -0.313 e. The van der Waals surface area contributed by atoms with Crippen LogP contribution in [0.2, 0.25) is 0 Å². The van der Waals surface area contributed by atoms with Crippen molar-refractivity contribution in [3.05, 3.63) is 0 Å². The molecular formula is C11H24N2O2S. The van der Waals surface area contributed by atoms with Crippen LogP contribution in [-0.4, -0.2) is 33.3 Å². The van der Waals surface area contributed by atoms with Gasteiger partial charge in [-0.05, 0) is 25.3 Å². The van der Waals surface area contributed by atoms with Crippen LogP contribution in [-0.2, 0) is 10.0 Å². The SMILES string of the molecule is CCC(CC)CNS(=O)(=O)CC1CCCN1. The van der Waals surface area contributed by atoms with E-state index >= 15 is 0 Å². The van der Waals surface area contributed by atoms with Gasteiger partial charge >= 0.3 is 0 Å². The van der Waals surface area contributed by atoms with Crippen LogP contribution in [0.5, 0.6) is 0 Å². The van der Waals surface area contributed by atoms with Crippen molar-refractivity contribution in [2.75, 3.05) is 18.8 Å². The van der Waals surface area contributed by atoms with Gasteiger partial charge in [-0.2, -0.15) is 0 Å². The van der Waals surface area contributed by atoms with E-state index in [1.165, 1.54) is 0 Å². The zero-order chi connectivity index (χ0) is 12.0. The van der Waals surface area contributed by atoms with Gasteiger partial charge in [0.05, 0.1) is 5.75 Å². The van der Waals surface area contributed by atoms with Crippen molar-refractivity contribution < 1.29 is 8.42 Å². The first-order valence-electron chi connectivity index (χ1n) is 6.28. The van der Waals surface area contributed by atoms with E-state index in [1.54, 1.807) is 0 Å². The predicted molar refractivity (Wildman–Crippen MR) is 66.9 cm³/mol. The summed E-state index contributed by atoms with van der Waals surface area (Å²) in [7, 11) is -3.09. The Balaban J connectivity index is 2.33. The molecule has 1 aliphatic heterocycles. The van der Waals surface area contributed by atoms with E-state index < -0.39 is 10.0 Å². The fraction of sp³-hybridized carbons (Fsp3) is 1.00. The number of hydrogen-bond acceptors (Lipinski definition) is 3. The third-order valence-corrected chi connectivity index (χ3v) is 4.78. The minimum atomic E-state index is -3.09. The first-order valence-corrected chi connectivity index (χ1v) is 7.93. The molecule has 0 saturated carbocycles. The van der Waals surface area contributed by atoms with Gasteiger partial charge in [-0.1, -0.05) is 26.7 Å². The van der Waals surface area contributed by atoms with Crippen molar-refractivity contribution in [1.29, 1.82) is 0 Å². The molecule has 5 heteroatoms. The summed E-state index contributed by atoms with van der Waals surface area (Å²) in [5, 5.41) is 3.21. The molecule has 0 radical (unpaired) electrons. The predicted octanol–water partition coefficient (Wildman–Crippen LogP) is 1.09. The van der Waals surface area contributed by atoms with Gasteiger partial charge in [-0.15, -0.1) is 0 Å². The first kappa shape index (κ1) is 13.9. The highest BCUT2D eigenvalue weighted by atomic mass is 32.2. The van der Waals surface area contributed by atoms with Crippen molar-refractivity contribution in [2.45, 2.75) is 45.6 Å². The Morgan fingerprint density at radius 2 is 2.06 bits per heavy atom. The fourth-order valence-electron chi connectivity index (χ4n) is 2.04. The normalized spacial score (nSPS) is 21.8. The van der Waals surface area contributed by atoms with Crippen LogP contribution in [0.25, 0.3) is 0 Å². The monoisotopic (exact) mass is 248 g/mol. The molecule has 1 atom stereocenters. The Bertz CT molecular complexity index is 280. The number of hydrogen-bond donors (Lipinski definition) is 2. The van der Waals surface area contributed by atoms with Crippen molar-refractivity contribution in [1.82, 2.24) is 10.0 Å². The topological polar surface area (TPSA) is 58.2 Å². The van der Waals surface area contributed by atoms with E-state index in [0.29, 0.717) is 12.5 Å². The van der Waals surface area contributed by atoms with Crippen LogP contribution in [0.4, 0.5) is 0 Å². The van der Waals surface area contributed by atoms with Gasteiger partial charge in [0.15, 0.2) is 0 Å². The molecule has 1 saturated heterocycles. The Morgan fingerprint density at radius 1 is 1.38 bits per heavy atom. The summed E-state index contributed by atoms with van der Waals surface area (Å²) in [6.45, 7) is 5.73. The third kappa shape index (κ3) is 4.80. The third-order valence-electron chi connectivity index (χ3n) is 3.33. The molecular weight excluding hydrogens is 224 g/mol. The molecule has 0 bridgehead atoms. The minimum absolute atomic E-state index is 0.152. The van der Waals surface area contributed by atoms with Gasteiger partial charge in [-0.3, -0.25) is 0 Å². The number of rotatable bonds is 7. The Morgan fingerprint density at radius 3 is 2.56 bits per heavy atom. The highest BCUT2D eigenvalue weighted by Gasteiger charge is 2.22. The largest absolute Gasteiger partial charge is 0.313 e. The lowest BCUT2D eigenvalue weighted by atomic mass is 10.0. The molecule has 1 rings (SSSR count). The smallest absolute Gasteiger partial charge is 0.213 e. The zero-order valence-corrected chi connectivity index (χ0v) is 11.1. The molecule has 2 N–H and O–H groups in total. The van der Waals surface area contributed by atoms with Crippen molar-refractivity contribution in [3.63, 3.8) is 0 Å². The summed E-state index contributed by atoms with van der Waals surface area (Å²) >= 11 is 0. The maximum atomic E-state index is 11.8. The van der Waals surface area contributed by atoms with Gasteiger partial charge in [0.25, 0.3) is 0 Å². The second-order valence-corrected chi connectivity index (χ2v) is 6.46. The highest BCUT2D eigenvalue weighted by molar-refractivity contribution is 7.89. The molecule has 1 unspecified atom stereocenters. The molecule has 0 amide bonds. The van der Waals surface area contributed by atoms with E-state index in [0.717, 1.165) is 32.2 Å². The summed E-state index contributed by atoms with van der Waals surface area (Å²) in [6.07, 6.45) is 4.13. The summed E-state index contributed by atoms with van der Waals surface area (Å²) in [5.41, 5.74) is 0. The van der Waals surface area contributed by atoms with Crippen molar-refractivity contribution in [3.8, 4) is 0 Å². The Labute approximate surface area is 99.2 Å². The Kier molecular flexibility index (Phi) is 5.72. The first-order chi connectivity index (χ1) is 7.57. The summed E-state index contributed by atoms with van der Waals surface area (Å²) < 4.78 is 26.3. The van der Waals surface area contributed by atoms with Crippen molar-refractivity contribution in [2.24, 2.45) is 5.92 Å². The van der Waals surface area contributed by atoms with Crippen LogP contribution in [0, 0.1) is 5.92 Å². The molecule has 96 valence electrons. The van der Waals surface area contributed by atoms with Crippen molar-refractivity contribution >= 4 is 10.0 Å². The maximum absolute atomic E-state index is 11.8. The average Bonchev–Trinajstić information content (AvgIpc) is 2.71. The fourth-order valence-corrected chi connectivity index (χ4v) is 3.47. The summed E-state index contributed by atoms with van der Waals surface area (Å²) in [4.78, 5) is 0. The summed E-state index contributed by atoms with van der Waals surface area (Å²) in [6, 6.07) is 0.152. The Hall–Kier alpha value is -0.130. The van der Waals surface area contributed by atoms with E-state index in [-0.39, 0.29) is 11.8 Å². The molecule has 16 heavy (non-hydrogen) atoms. The molecule has 1 aliphatic rings. The van der Waals surface area contributed by atoms with Crippen LogP contribution in [0.15, 0.2) is 0 Å². The lowest BCUT2D eigenvalue weighted by Gasteiger charge is -2.15. The van der Waals surface area contributed by atoms with E-state index in [2.05, 4.69) is 23.9 Å². The zero-order valence-electron chi connectivity index (χ0n) is 10.3. The molecule has 0 aliphatic carbocycles. The average molecular weight is 248 g/mol. The van der Waals surface area contributed by atoms with Gasteiger partial charge in [-0.25, -0.2) is 13.1 Å². The van der Waals surface area contributed by atoms with Gasteiger partial charge in [0.1, 0.15) is 0 Å². The van der Waals surface area contributed by atoms with E-state index in [1.807, 2.05) is 0 Å². The van der Waals surface area contributed by atoms with E-state index in [4.69, 9.17) is 0 Å². The number of nitrogens with one attached hydrogen (secondary N) is 2. The quantitative estimate of drug-likeness (QED) is 0.709. The highest BCUT2D eigenvalue weighted by Crippen LogP contribution is 2.09. The lowest BCUT2D eigenvalue weighted by Crippen LogP contribution is -2.38. The molecule has 0 aromatic carbocycles. The molecule has 1 heterocycles. The van der Waals surface area contributed by atoms with Gasteiger partial charge in [0, 0.05) is 12.6 Å². The molecule has 0 aromatic rings. The molecule has 4 nitrogen and oxygen atoms in total. The molecule has 1 fully saturated rings. The number of sulfonamides is 1.